The van der Waals surface area contributed by atoms with Crippen molar-refractivity contribution in [3.8, 4) is 0 Å². The molecule has 0 radical (unpaired) electrons. The summed E-state index contributed by atoms with van der Waals surface area (Å²) >= 11 is 0. The molecule has 0 fully saturated rings. The number of aliphatic hydroxyl groups excluding tert-OH is 1. The van der Waals surface area contributed by atoms with Gasteiger partial charge in [-0.2, -0.15) is 38.8 Å². The van der Waals surface area contributed by atoms with Crippen molar-refractivity contribution in [2.24, 2.45) is 41.4 Å². The summed E-state index contributed by atoms with van der Waals surface area (Å²) in [6, 6.07) is 0. The molecule has 0 aromatic heterocycles. The highest BCUT2D eigenvalue weighted by Crippen LogP contribution is 2.53. The maximum absolute atomic E-state index is 13.1. The third-order valence-electron chi connectivity index (χ3n) is 12.5. The van der Waals surface area contributed by atoms with Crippen LogP contribution in [0.1, 0.15) is 0 Å². The van der Waals surface area contributed by atoms with E-state index in [9.17, 15) is 149 Å². The van der Waals surface area contributed by atoms with E-state index in [1.54, 1.807) is 0 Å². The first-order chi connectivity index (χ1) is 55.6. The Kier molecular flexibility index (Phi) is 62.4. The smallest absolute Gasteiger partial charge is 0.396 e. The Morgan fingerprint density at radius 1 is 0.175 bits per heavy atom. The van der Waals surface area contributed by atoms with E-state index in [0.29, 0.717) is 0 Å². The molecule has 0 bridgehead atoms. The molecule has 60 nitrogen and oxygen atoms in total. The van der Waals surface area contributed by atoms with Crippen LogP contribution in [0.25, 0.3) is 0 Å². The van der Waals surface area contributed by atoms with Crippen molar-refractivity contribution >= 4 is 102 Å². The van der Waals surface area contributed by atoms with E-state index < -0.39 is 361 Å². The minimum absolute atomic E-state index is 0.451. The molecule has 120 heavy (non-hydrogen) atoms. The van der Waals surface area contributed by atoms with E-state index in [1.807, 2.05) is 0 Å². The van der Waals surface area contributed by atoms with Crippen LogP contribution in [0, 0.1) is 41.4 Å². The number of rotatable bonds is 84. The average molecular weight is 2060 g/mol. The molecular formula is C40H95F7N7O53P13. The van der Waals surface area contributed by atoms with Gasteiger partial charge in [0.1, 0.15) is 0 Å². The second-order valence-electron chi connectivity index (χ2n) is 22.6. The Morgan fingerprint density at radius 3 is 0.375 bits per heavy atom. The second kappa shape index (κ2) is 62.1. The summed E-state index contributed by atoms with van der Waals surface area (Å²) in [4.78, 5) is 137. The zero-order chi connectivity index (χ0) is 91.5. The highest BCUT2D eigenvalue weighted by atomic mass is 31.2. The molecule has 0 spiro atoms. The normalized spacial score (nSPS) is 20.4. The van der Waals surface area contributed by atoms with Crippen LogP contribution >= 0.6 is 102 Å². The summed E-state index contributed by atoms with van der Waals surface area (Å²) in [6.07, 6.45) is 0. The van der Waals surface area contributed by atoms with Gasteiger partial charge in [-0.25, -0.2) is 59.3 Å². The fraction of sp³-hybridized carbons (Fsp3) is 1.00. The third-order valence-corrected chi connectivity index (χ3v) is 24.8. The van der Waals surface area contributed by atoms with Crippen molar-refractivity contribution < 1.29 is 277 Å². The average Bonchev–Trinajstić information content (AvgIpc) is 0.891. The molecule has 0 aliphatic rings. The Balaban J connectivity index is 4.90. The molecule has 0 saturated carbocycles. The van der Waals surface area contributed by atoms with Crippen molar-refractivity contribution in [3.05, 3.63) is 0 Å². The maximum atomic E-state index is 13.1. The van der Waals surface area contributed by atoms with Crippen molar-refractivity contribution in [3.63, 3.8) is 0 Å². The zero-order valence-electron chi connectivity index (χ0n) is 61.6. The van der Waals surface area contributed by atoms with Crippen LogP contribution in [0.3, 0.4) is 0 Å². The number of aliphatic hydroxyl groups is 1. The van der Waals surface area contributed by atoms with Gasteiger partial charge in [0.2, 0.25) is 0 Å². The number of hydrogen-bond donors (Lipinski definition) is 22. The quantitative estimate of drug-likeness (QED) is 0.0177. The number of hydrogen-bond acceptors (Lipinski definition) is 46. The van der Waals surface area contributed by atoms with Gasteiger partial charge in [0.05, 0.1) is 165 Å². The monoisotopic (exact) mass is 2060 g/mol. The van der Waals surface area contributed by atoms with Gasteiger partial charge in [0, 0.05) is 93.8 Å². The Morgan fingerprint density at radius 2 is 0.275 bits per heavy atom. The molecule has 722 valence electrons. The Hall–Kier alpha value is 0.620. The van der Waals surface area contributed by atoms with E-state index in [4.69, 9.17) is 14.9 Å². The molecule has 19 unspecified atom stereocenters. The van der Waals surface area contributed by atoms with E-state index >= 15 is 0 Å². The summed E-state index contributed by atoms with van der Waals surface area (Å²) in [5.74, 6) is -9.30. The van der Waals surface area contributed by atoms with Crippen LogP contribution < -0.4 is 38.8 Å². The first kappa shape index (κ1) is 121. The fourth-order valence-corrected chi connectivity index (χ4v) is 16.6. The summed E-state index contributed by atoms with van der Waals surface area (Å²) < 4.78 is 363. The van der Waals surface area contributed by atoms with E-state index in [-0.39, 0.29) is 0 Å². The molecule has 19 atom stereocenters. The van der Waals surface area contributed by atoms with E-state index in [1.165, 1.54) is 5.54 Å². The topological polar surface area (TPSA) is 840 Å². The molecule has 0 amide bonds. The highest BCUT2D eigenvalue weighted by Gasteiger charge is 2.37. The van der Waals surface area contributed by atoms with E-state index in [2.05, 4.69) is 113 Å². The molecule has 0 saturated heterocycles. The van der Waals surface area contributed by atoms with Gasteiger partial charge in [-0.05, 0) is 0 Å². The molecule has 0 aliphatic heterocycles. The van der Waals surface area contributed by atoms with Crippen LogP contribution in [0.15, 0.2) is 0 Å². The van der Waals surface area contributed by atoms with Gasteiger partial charge in [-0.1, -0.05) is 0 Å². The minimum atomic E-state index is -5.23. The predicted octanol–water partition coefficient (Wildman–Crippen LogP) is 1.32. The standard InChI is InChI=1S/C40H95F7N7O53P13/c41-48-13-34(20-55)21-96-109(59,60)83-1-2-85-111(63,64)98-24-36(15-50-43)25-100-113(67,68)87-5-6-89-115(71,72)102-28-38(17-52-45)29-104-117(75,76)91-9-10-93-119(79,80)106-32-40(19-54-47)33-107-120(81,82)94-12-11-92-118(77,78)105-31-39(18-53-46)30-103-116(73,74)90-8-7-88-114(69,70)101-27-37(16-51-44)26-99-112(65,66)86-4-3-84-110(61,62)97-23-35(14-49-42)22-95-108(56,57)58/h34-40,48-55H,1-33H2,(H,59,60)(H,61,62)(H,63,64)(H,65,66)(H,67,68)(H,69,70)(H,71,72)(H,73,74)(H,75,76)(H,77,78)(H,79,80)(H,81,82)(H2,56,57,58). The van der Waals surface area contributed by atoms with E-state index in [0.717, 1.165) is 33.2 Å². The lowest BCUT2D eigenvalue weighted by molar-refractivity contribution is 0.0594. The van der Waals surface area contributed by atoms with Crippen LogP contribution in [0.2, 0.25) is 0 Å². The molecule has 0 aromatic rings. The molecule has 0 rings (SSSR count). The summed E-state index contributed by atoms with van der Waals surface area (Å²) in [6.45, 7) is -30.2. The Labute approximate surface area is 674 Å². The molecular weight excluding hydrogens is 1960 g/mol. The molecule has 80 heteroatoms. The molecule has 0 heterocycles. The third kappa shape index (κ3) is 67.8. The van der Waals surface area contributed by atoms with Gasteiger partial charge in [-0.15, -0.1) is 31.4 Å². The lowest BCUT2D eigenvalue weighted by atomic mass is 10.2. The fourth-order valence-electron chi connectivity index (χ4n) is 6.81. The van der Waals surface area contributed by atoms with Gasteiger partial charge in [0.25, 0.3) is 0 Å². The second-order valence-corrected chi connectivity index (χ2v) is 41.2. The first-order valence-electron chi connectivity index (χ1n) is 32.6. The number of phosphoric ester groups is 13. The van der Waals surface area contributed by atoms with Gasteiger partial charge in [-0.3, -0.25) is 113 Å². The van der Waals surface area contributed by atoms with Crippen molar-refractivity contribution in [1.82, 2.24) is 38.8 Å². The summed E-state index contributed by atoms with van der Waals surface area (Å²) in [7, 11) is -66.6. The SMILES string of the molecule is O=P(O)(O)OCC(CNF)COP(=O)(O)OCCOP(=O)(O)OCC(CNF)COP(=O)(O)OCCOP(=O)(O)OCC(CNF)COP(=O)(O)OCCOP(=O)(O)OCC(CNF)COP(=O)(O)OCCOP(=O)(O)OCC(CNF)COP(=O)(O)OCCOP(=O)(O)OCC(CNF)COP(=O)(O)OCCOP(=O)(O)OCC(CO)CNF. The van der Waals surface area contributed by atoms with Crippen LogP contribution in [-0.2, 0) is 172 Å². The first-order valence-corrected chi connectivity index (χ1v) is 52.1. The zero-order valence-corrected chi connectivity index (χ0v) is 73.2. The van der Waals surface area contributed by atoms with Gasteiger partial charge < -0.3 is 73.6 Å². The maximum Gasteiger partial charge on any atom is 0.472 e. The lowest BCUT2D eigenvalue weighted by Crippen LogP contribution is -2.25. The predicted molar refractivity (Wildman–Crippen MR) is 374 cm³/mol. The lowest BCUT2D eigenvalue weighted by Gasteiger charge is -2.21. The van der Waals surface area contributed by atoms with Crippen molar-refractivity contribution in [2.45, 2.75) is 0 Å². The molecule has 0 aliphatic carbocycles. The Bertz CT molecular complexity index is 3460. The van der Waals surface area contributed by atoms with Gasteiger partial charge >= 0.3 is 102 Å². The summed E-state index contributed by atoms with van der Waals surface area (Å²) in [5, 5.41) is 9.07. The van der Waals surface area contributed by atoms with Crippen molar-refractivity contribution in [1.29, 1.82) is 0 Å². The van der Waals surface area contributed by atoms with Crippen LogP contribution in [0.4, 0.5) is 31.4 Å². The number of phosphoric acid groups is 13. The van der Waals surface area contributed by atoms with Crippen molar-refractivity contribution in [2.75, 3.05) is 218 Å². The highest BCUT2D eigenvalue weighted by molar-refractivity contribution is 7.50. The molecule has 0 aromatic carbocycles. The van der Waals surface area contributed by atoms with Crippen LogP contribution in [-0.4, -0.2) is 291 Å². The largest absolute Gasteiger partial charge is 0.472 e. The minimum Gasteiger partial charge on any atom is -0.396 e. The molecule has 22 N–H and O–H groups in total. The van der Waals surface area contributed by atoms with Gasteiger partial charge in [0.15, 0.2) is 0 Å². The summed E-state index contributed by atoms with van der Waals surface area (Å²) in [5.41, 5.74) is 7.92. The van der Waals surface area contributed by atoms with Crippen LogP contribution in [0.5, 0.6) is 0 Å². The number of halogens is 7. The number of nitrogens with one attached hydrogen (secondary N) is 7.